The molecule has 0 radical (unpaired) electrons. The van der Waals surface area contributed by atoms with Crippen LogP contribution in [0.15, 0.2) is 38.1 Å². The maximum absolute atomic E-state index is 12.6. The number of hydrogen-bond donors (Lipinski definition) is 1. The summed E-state index contributed by atoms with van der Waals surface area (Å²) in [6.45, 7) is 0.963. The molecule has 1 aliphatic heterocycles. The minimum absolute atomic E-state index is 0.136. The normalized spacial score (nSPS) is 14.4. The molecule has 0 bridgehead atoms. The zero-order valence-electron chi connectivity index (χ0n) is 14.5. The van der Waals surface area contributed by atoms with E-state index in [1.165, 1.54) is 24.2 Å². The lowest BCUT2D eigenvalue weighted by molar-refractivity contribution is 0.583. The predicted octanol–water partition coefficient (Wildman–Crippen LogP) is 3.85. The summed E-state index contributed by atoms with van der Waals surface area (Å²) in [5.74, 6) is 2.95. The molecule has 9 heteroatoms. The Bertz CT molecular complexity index is 1140. The summed E-state index contributed by atoms with van der Waals surface area (Å²) in [7, 11) is 0. The highest BCUT2D eigenvalue weighted by Crippen LogP contribution is 2.31. The molecule has 0 unspecified atom stereocenters. The molecular formula is C18H17N5O2S2. The highest BCUT2D eigenvalue weighted by Gasteiger charge is 2.17. The number of rotatable bonds is 4. The lowest BCUT2D eigenvalue weighted by atomic mass is 10.2. The average Bonchev–Trinajstić information content (AvgIpc) is 3.37. The highest BCUT2D eigenvalue weighted by molar-refractivity contribution is 7.98. The van der Waals surface area contributed by atoms with Gasteiger partial charge in [-0.25, -0.2) is 4.98 Å². The van der Waals surface area contributed by atoms with Crippen LogP contribution in [-0.2, 0) is 18.7 Å². The second-order valence-corrected chi connectivity index (χ2v) is 8.27. The first-order valence-electron chi connectivity index (χ1n) is 8.89. The van der Waals surface area contributed by atoms with Crippen molar-refractivity contribution in [2.45, 2.75) is 43.1 Å². The predicted molar refractivity (Wildman–Crippen MR) is 105 cm³/mol. The second-order valence-electron chi connectivity index (χ2n) is 6.47. The van der Waals surface area contributed by atoms with Gasteiger partial charge in [-0.05, 0) is 25.0 Å². The molecule has 5 rings (SSSR count). The van der Waals surface area contributed by atoms with E-state index in [9.17, 15) is 4.79 Å². The number of fused-ring (bicyclic) bond motifs is 2. The molecule has 27 heavy (non-hydrogen) atoms. The van der Waals surface area contributed by atoms with Crippen LogP contribution in [0.25, 0.3) is 21.5 Å². The molecule has 0 saturated heterocycles. The van der Waals surface area contributed by atoms with Crippen LogP contribution in [0.4, 0.5) is 0 Å². The van der Waals surface area contributed by atoms with Gasteiger partial charge in [-0.3, -0.25) is 4.79 Å². The van der Waals surface area contributed by atoms with Crippen molar-refractivity contribution in [2.75, 3.05) is 0 Å². The van der Waals surface area contributed by atoms with Gasteiger partial charge in [0.1, 0.15) is 22.2 Å². The van der Waals surface area contributed by atoms with Crippen LogP contribution in [0.5, 0.6) is 0 Å². The Hall–Kier alpha value is -2.39. The number of hydrogen-bond acceptors (Lipinski definition) is 7. The summed E-state index contributed by atoms with van der Waals surface area (Å²) in [6, 6.07) is 3.66. The van der Waals surface area contributed by atoms with Gasteiger partial charge in [-0.15, -0.1) is 21.5 Å². The monoisotopic (exact) mass is 399 g/mol. The summed E-state index contributed by atoms with van der Waals surface area (Å²) in [6.07, 6.45) is 6.15. The van der Waals surface area contributed by atoms with Crippen LogP contribution in [0.1, 0.15) is 30.9 Å². The van der Waals surface area contributed by atoms with Gasteiger partial charge in [-0.2, -0.15) is 0 Å². The molecule has 1 N–H and O–H groups in total. The van der Waals surface area contributed by atoms with E-state index >= 15 is 0 Å². The molecule has 4 aromatic rings. The Morgan fingerprint density at radius 2 is 2.26 bits per heavy atom. The Kier molecular flexibility index (Phi) is 4.33. The second kappa shape index (κ2) is 6.97. The zero-order chi connectivity index (χ0) is 18.2. The first-order valence-corrected chi connectivity index (χ1v) is 10.8. The van der Waals surface area contributed by atoms with Crippen molar-refractivity contribution in [1.29, 1.82) is 0 Å². The largest absolute Gasteiger partial charge is 0.464 e. The third kappa shape index (κ3) is 3.10. The van der Waals surface area contributed by atoms with E-state index in [-0.39, 0.29) is 5.56 Å². The molecule has 0 atom stereocenters. The van der Waals surface area contributed by atoms with E-state index < -0.39 is 0 Å². The third-order valence-electron chi connectivity index (χ3n) is 4.69. The van der Waals surface area contributed by atoms with Gasteiger partial charge in [0.05, 0.1) is 17.4 Å². The van der Waals surface area contributed by atoms with E-state index in [1.807, 2.05) is 17.5 Å². The van der Waals surface area contributed by atoms with Crippen LogP contribution < -0.4 is 5.56 Å². The van der Waals surface area contributed by atoms with Gasteiger partial charge in [0, 0.05) is 23.9 Å². The molecule has 0 saturated carbocycles. The minimum Gasteiger partial charge on any atom is -0.464 e. The van der Waals surface area contributed by atoms with Gasteiger partial charge in [0.15, 0.2) is 5.16 Å². The fourth-order valence-electron chi connectivity index (χ4n) is 3.37. The minimum atomic E-state index is -0.136. The van der Waals surface area contributed by atoms with Crippen LogP contribution >= 0.6 is 23.1 Å². The van der Waals surface area contributed by atoms with Crippen molar-refractivity contribution in [3.8, 4) is 11.3 Å². The summed E-state index contributed by atoms with van der Waals surface area (Å²) < 4.78 is 7.64. The topological polar surface area (TPSA) is 89.6 Å². The number of nitrogens with zero attached hydrogens (tertiary/aromatic N) is 4. The fraction of sp³-hybridized carbons (Fsp3) is 0.333. The number of aromatic nitrogens is 5. The molecule has 0 fully saturated rings. The molecule has 4 aromatic heterocycles. The fourth-order valence-corrected chi connectivity index (χ4v) is 5.17. The molecule has 1 aliphatic rings. The number of aryl methyl sites for hydroxylation is 1. The van der Waals surface area contributed by atoms with E-state index in [0.29, 0.717) is 22.7 Å². The lowest BCUT2D eigenvalue weighted by Crippen LogP contribution is -2.11. The SMILES string of the molecule is O=c1[nH]c(CSc2nnc3n2CCCCC3)nc2scc(-c3ccco3)c12. The third-order valence-corrected chi connectivity index (χ3v) is 6.54. The first-order chi connectivity index (χ1) is 13.3. The van der Waals surface area contributed by atoms with Crippen molar-refractivity contribution in [3.63, 3.8) is 0 Å². The van der Waals surface area contributed by atoms with Crippen molar-refractivity contribution < 1.29 is 4.42 Å². The summed E-state index contributed by atoms with van der Waals surface area (Å²) in [5, 5.41) is 12.0. The summed E-state index contributed by atoms with van der Waals surface area (Å²) in [5.41, 5.74) is 0.652. The van der Waals surface area contributed by atoms with E-state index in [4.69, 9.17) is 4.42 Å². The van der Waals surface area contributed by atoms with E-state index in [2.05, 4.69) is 24.7 Å². The van der Waals surface area contributed by atoms with Crippen molar-refractivity contribution in [3.05, 3.63) is 45.8 Å². The maximum atomic E-state index is 12.6. The summed E-state index contributed by atoms with van der Waals surface area (Å²) >= 11 is 3.02. The molecule has 5 heterocycles. The number of thioether (sulfide) groups is 1. The first kappa shape index (κ1) is 16.8. The van der Waals surface area contributed by atoms with E-state index in [1.54, 1.807) is 18.0 Å². The number of furan rings is 1. The number of aromatic amines is 1. The standard InChI is InChI=1S/C18H17N5O2S2/c24-16-15-11(12-5-4-8-25-12)9-26-17(15)20-13(19-16)10-27-18-22-21-14-6-2-1-3-7-23(14)18/h4-5,8-9H,1-3,6-7,10H2,(H,19,20,24). The Morgan fingerprint density at radius 1 is 1.30 bits per heavy atom. The smallest absolute Gasteiger partial charge is 0.260 e. The van der Waals surface area contributed by atoms with Crippen LogP contribution in [0, 0.1) is 0 Å². The molecule has 7 nitrogen and oxygen atoms in total. The number of nitrogens with one attached hydrogen (secondary N) is 1. The zero-order valence-corrected chi connectivity index (χ0v) is 16.1. The number of H-pyrrole nitrogens is 1. The molecular weight excluding hydrogens is 382 g/mol. The molecule has 0 amide bonds. The van der Waals surface area contributed by atoms with Crippen LogP contribution in [0.2, 0.25) is 0 Å². The Labute approximate surface area is 162 Å². The quantitative estimate of drug-likeness (QED) is 0.524. The Balaban J connectivity index is 1.42. The Morgan fingerprint density at radius 3 is 3.15 bits per heavy atom. The van der Waals surface area contributed by atoms with Crippen molar-refractivity contribution in [2.24, 2.45) is 0 Å². The lowest BCUT2D eigenvalue weighted by Gasteiger charge is -2.06. The van der Waals surface area contributed by atoms with E-state index in [0.717, 1.165) is 40.8 Å². The molecule has 138 valence electrons. The average molecular weight is 400 g/mol. The number of thiophene rings is 1. The molecule has 0 aromatic carbocycles. The van der Waals surface area contributed by atoms with Gasteiger partial charge in [0.2, 0.25) is 0 Å². The van der Waals surface area contributed by atoms with Crippen LogP contribution in [0.3, 0.4) is 0 Å². The maximum Gasteiger partial charge on any atom is 0.260 e. The van der Waals surface area contributed by atoms with Crippen LogP contribution in [-0.4, -0.2) is 24.7 Å². The van der Waals surface area contributed by atoms with Crippen molar-refractivity contribution >= 4 is 33.3 Å². The molecule has 0 spiro atoms. The van der Waals surface area contributed by atoms with Crippen molar-refractivity contribution in [1.82, 2.24) is 24.7 Å². The van der Waals surface area contributed by atoms with Gasteiger partial charge >= 0.3 is 0 Å². The van der Waals surface area contributed by atoms with Gasteiger partial charge < -0.3 is 14.0 Å². The highest BCUT2D eigenvalue weighted by atomic mass is 32.2. The van der Waals surface area contributed by atoms with Gasteiger partial charge in [0.25, 0.3) is 5.56 Å². The van der Waals surface area contributed by atoms with Gasteiger partial charge in [-0.1, -0.05) is 18.2 Å². The molecule has 0 aliphatic carbocycles. The summed E-state index contributed by atoms with van der Waals surface area (Å²) in [4.78, 5) is 20.9.